The average Bonchev–Trinajstić information content (AvgIpc) is 3.29. The van der Waals surface area contributed by atoms with E-state index >= 15 is 0 Å². The van der Waals surface area contributed by atoms with Crippen LogP contribution in [-0.4, -0.2) is 82.3 Å². The van der Waals surface area contributed by atoms with Crippen LogP contribution in [-0.2, 0) is 4.74 Å². The van der Waals surface area contributed by atoms with Crippen LogP contribution in [0.4, 0.5) is 19.5 Å². The number of rotatable bonds is 6. The van der Waals surface area contributed by atoms with Gasteiger partial charge in [0.2, 0.25) is 5.95 Å². The van der Waals surface area contributed by atoms with Crippen molar-refractivity contribution in [2.45, 2.75) is 64.1 Å². The fourth-order valence-electron chi connectivity index (χ4n) is 5.21. The molecular formula is C27H37F2N7O3. The van der Waals surface area contributed by atoms with Crippen molar-refractivity contribution in [1.82, 2.24) is 25.2 Å². The Morgan fingerprint density at radius 1 is 1.15 bits per heavy atom. The third kappa shape index (κ3) is 6.99. The van der Waals surface area contributed by atoms with Gasteiger partial charge in [-0.2, -0.15) is 0 Å². The van der Waals surface area contributed by atoms with Crippen LogP contribution in [0.3, 0.4) is 0 Å². The van der Waals surface area contributed by atoms with Crippen molar-refractivity contribution in [1.29, 1.82) is 0 Å². The van der Waals surface area contributed by atoms with Gasteiger partial charge in [0.15, 0.2) is 0 Å². The number of piperidine rings is 1. The summed E-state index contributed by atoms with van der Waals surface area (Å²) in [4.78, 5) is 38.2. The summed E-state index contributed by atoms with van der Waals surface area (Å²) in [6.07, 6.45) is 3.91. The molecule has 0 unspecified atom stereocenters. The zero-order valence-corrected chi connectivity index (χ0v) is 22.9. The first kappa shape index (κ1) is 28.6. The summed E-state index contributed by atoms with van der Waals surface area (Å²) in [5.41, 5.74) is -0.208. The maximum absolute atomic E-state index is 14.7. The number of nitrogens with two attached hydrogens (primary N) is 1. The molecule has 2 aromatic rings. The van der Waals surface area contributed by atoms with Gasteiger partial charge < -0.3 is 19.9 Å². The van der Waals surface area contributed by atoms with Crippen molar-refractivity contribution in [2.24, 2.45) is 5.84 Å². The number of anilines is 1. The molecule has 10 nitrogen and oxygen atoms in total. The van der Waals surface area contributed by atoms with Gasteiger partial charge >= 0.3 is 6.09 Å². The molecule has 2 amide bonds. The Kier molecular flexibility index (Phi) is 8.65. The van der Waals surface area contributed by atoms with E-state index in [0.717, 1.165) is 44.1 Å². The first-order chi connectivity index (χ1) is 18.4. The molecule has 1 aromatic heterocycles. The number of hydrazine groups is 1. The summed E-state index contributed by atoms with van der Waals surface area (Å²) in [7, 11) is 0. The summed E-state index contributed by atoms with van der Waals surface area (Å²) in [5, 5.41) is 4.56. The van der Waals surface area contributed by atoms with Crippen molar-refractivity contribution < 1.29 is 23.1 Å². The molecule has 12 heteroatoms. The van der Waals surface area contributed by atoms with Crippen LogP contribution in [0.2, 0.25) is 0 Å². The standard InChI is InChI=1S/C27H37F2N7O3/c1-5-36(19-8-10-35(30)11-9-19)24(37)17-13-31-25(32-14-17)34-15-21(20-12-18(28)6-7-22(20)29)23(16-34)33-26(38)39-27(2,3)4/h6-7,12-14,19,21,23H,5,8-11,15-16,30H2,1-4H3,(H,33,38)/t21-,23+/m1/s1. The highest BCUT2D eigenvalue weighted by atomic mass is 19.1. The minimum atomic E-state index is -0.721. The quantitative estimate of drug-likeness (QED) is 0.532. The summed E-state index contributed by atoms with van der Waals surface area (Å²) in [5.74, 6) is 4.31. The Bertz CT molecular complexity index is 1170. The number of aromatic nitrogens is 2. The number of carbonyl (C=O) groups is 2. The lowest BCUT2D eigenvalue weighted by atomic mass is 9.94. The predicted molar refractivity (Wildman–Crippen MR) is 142 cm³/mol. The maximum atomic E-state index is 14.7. The predicted octanol–water partition coefficient (Wildman–Crippen LogP) is 3.05. The highest BCUT2D eigenvalue weighted by Gasteiger charge is 2.38. The molecule has 3 heterocycles. The van der Waals surface area contributed by atoms with Gasteiger partial charge in [0, 0.05) is 57.1 Å². The van der Waals surface area contributed by atoms with Crippen LogP contribution in [0, 0.1) is 11.6 Å². The fraction of sp³-hybridized carbons (Fsp3) is 0.556. The van der Waals surface area contributed by atoms with E-state index in [0.29, 0.717) is 18.1 Å². The van der Waals surface area contributed by atoms with Gasteiger partial charge in [0.25, 0.3) is 5.91 Å². The SMILES string of the molecule is CCN(C(=O)c1cnc(N2C[C@H](NC(=O)OC(C)(C)C)[C@@H](c3cc(F)ccc3F)C2)nc1)C1CCN(N)CC1. The van der Waals surface area contributed by atoms with Crippen LogP contribution in [0.15, 0.2) is 30.6 Å². The van der Waals surface area contributed by atoms with Gasteiger partial charge in [-0.05, 0) is 64.3 Å². The highest BCUT2D eigenvalue weighted by molar-refractivity contribution is 5.94. The number of hydrogen-bond acceptors (Lipinski definition) is 8. The molecule has 39 heavy (non-hydrogen) atoms. The average molecular weight is 546 g/mol. The van der Waals surface area contributed by atoms with Crippen LogP contribution >= 0.6 is 0 Å². The van der Waals surface area contributed by atoms with E-state index in [4.69, 9.17) is 10.6 Å². The Morgan fingerprint density at radius 3 is 2.44 bits per heavy atom. The fourth-order valence-corrected chi connectivity index (χ4v) is 5.21. The largest absolute Gasteiger partial charge is 0.444 e. The van der Waals surface area contributed by atoms with Gasteiger partial charge in [-0.15, -0.1) is 0 Å². The molecule has 0 aliphatic carbocycles. The number of carbonyl (C=O) groups excluding carboxylic acids is 2. The van der Waals surface area contributed by atoms with E-state index < -0.39 is 35.3 Å². The van der Waals surface area contributed by atoms with Gasteiger partial charge in [0.05, 0.1) is 11.6 Å². The number of nitrogens with one attached hydrogen (secondary N) is 1. The Balaban J connectivity index is 1.52. The Hall–Kier alpha value is -3.38. The number of amides is 2. The first-order valence-corrected chi connectivity index (χ1v) is 13.3. The second kappa shape index (κ2) is 11.8. The van der Waals surface area contributed by atoms with Gasteiger partial charge in [-0.1, -0.05) is 0 Å². The minimum absolute atomic E-state index is 0.0992. The van der Waals surface area contributed by atoms with Gasteiger partial charge in [0.1, 0.15) is 17.2 Å². The lowest BCUT2D eigenvalue weighted by Crippen LogP contribution is -2.49. The second-order valence-electron chi connectivity index (χ2n) is 11.1. The number of halogens is 2. The van der Waals surface area contributed by atoms with Crippen LogP contribution in [0.1, 0.15) is 62.4 Å². The molecule has 0 bridgehead atoms. The molecule has 3 N–H and O–H groups in total. The zero-order chi connectivity index (χ0) is 28.3. The molecule has 1 aromatic carbocycles. The zero-order valence-electron chi connectivity index (χ0n) is 22.9. The minimum Gasteiger partial charge on any atom is -0.444 e. The molecule has 2 aliphatic rings. The van der Waals surface area contributed by atoms with Crippen molar-refractivity contribution in [2.75, 3.05) is 37.6 Å². The molecule has 0 radical (unpaired) electrons. The van der Waals surface area contributed by atoms with Crippen LogP contribution < -0.4 is 16.1 Å². The van der Waals surface area contributed by atoms with Gasteiger partial charge in [-0.25, -0.2) is 28.6 Å². The molecule has 212 valence electrons. The number of alkyl carbamates (subject to hydrolysis) is 1. The summed E-state index contributed by atoms with van der Waals surface area (Å²) < 4.78 is 34.2. The molecule has 0 spiro atoms. The van der Waals surface area contributed by atoms with E-state index in [2.05, 4.69) is 15.3 Å². The monoisotopic (exact) mass is 545 g/mol. The Labute approximate surface area is 227 Å². The lowest BCUT2D eigenvalue weighted by molar-refractivity contribution is 0.0503. The van der Waals surface area contributed by atoms with E-state index in [1.165, 1.54) is 12.4 Å². The number of nitrogens with zero attached hydrogens (tertiary/aromatic N) is 5. The van der Waals surface area contributed by atoms with E-state index in [-0.39, 0.29) is 30.6 Å². The topological polar surface area (TPSA) is 117 Å². The molecule has 2 aliphatic heterocycles. The first-order valence-electron chi connectivity index (χ1n) is 13.3. The van der Waals surface area contributed by atoms with Gasteiger partial charge in [-0.3, -0.25) is 10.6 Å². The molecule has 2 atom stereocenters. The third-order valence-electron chi connectivity index (χ3n) is 7.09. The number of benzene rings is 1. The molecule has 2 saturated heterocycles. The van der Waals surface area contributed by atoms with Crippen molar-refractivity contribution in [3.63, 3.8) is 0 Å². The summed E-state index contributed by atoms with van der Waals surface area (Å²) >= 11 is 0. The smallest absolute Gasteiger partial charge is 0.407 e. The summed E-state index contributed by atoms with van der Waals surface area (Å²) in [6.45, 7) is 9.66. The van der Waals surface area contributed by atoms with E-state index in [1.54, 1.807) is 30.7 Å². The third-order valence-corrected chi connectivity index (χ3v) is 7.09. The van der Waals surface area contributed by atoms with E-state index in [9.17, 15) is 18.4 Å². The molecule has 0 saturated carbocycles. The highest BCUT2D eigenvalue weighted by Crippen LogP contribution is 2.32. The molecule has 2 fully saturated rings. The van der Waals surface area contributed by atoms with Crippen LogP contribution in [0.25, 0.3) is 0 Å². The molecular weight excluding hydrogens is 508 g/mol. The lowest BCUT2D eigenvalue weighted by Gasteiger charge is -2.36. The normalized spacial score (nSPS) is 20.6. The summed E-state index contributed by atoms with van der Waals surface area (Å²) in [6, 6.07) is 2.78. The van der Waals surface area contributed by atoms with Crippen molar-refractivity contribution >= 4 is 17.9 Å². The van der Waals surface area contributed by atoms with E-state index in [1.807, 2.05) is 11.8 Å². The molecule has 4 rings (SSSR count). The van der Waals surface area contributed by atoms with Crippen LogP contribution in [0.5, 0.6) is 0 Å². The Morgan fingerprint density at radius 2 is 1.82 bits per heavy atom. The van der Waals surface area contributed by atoms with Crippen molar-refractivity contribution in [3.8, 4) is 0 Å². The number of hydrogen-bond donors (Lipinski definition) is 2. The number of ether oxygens (including phenoxy) is 1. The van der Waals surface area contributed by atoms with Crippen molar-refractivity contribution in [3.05, 3.63) is 53.4 Å². The maximum Gasteiger partial charge on any atom is 0.407 e. The second-order valence-corrected chi connectivity index (χ2v) is 11.1.